The summed E-state index contributed by atoms with van der Waals surface area (Å²) in [6.07, 6.45) is 0. The van der Waals surface area contributed by atoms with E-state index < -0.39 is 12.7 Å². The molecule has 0 aliphatic carbocycles. The first-order chi connectivity index (χ1) is 9.90. The van der Waals surface area contributed by atoms with Crippen molar-refractivity contribution < 1.29 is 13.5 Å². The highest BCUT2D eigenvalue weighted by Gasteiger charge is 2.19. The van der Waals surface area contributed by atoms with Gasteiger partial charge in [-0.15, -0.1) is 0 Å². The van der Waals surface area contributed by atoms with Crippen molar-refractivity contribution in [1.82, 2.24) is 0 Å². The average Bonchev–Trinajstić information content (AvgIpc) is 2.37. The normalized spacial score (nSPS) is 12.5. The number of ether oxygens (including phenoxy) is 1. The molecule has 0 fully saturated rings. The van der Waals surface area contributed by atoms with Crippen LogP contribution in [0.4, 0.5) is 8.78 Å². The van der Waals surface area contributed by atoms with Gasteiger partial charge in [0.2, 0.25) is 0 Å². The second-order valence-electron chi connectivity index (χ2n) is 5.21. The van der Waals surface area contributed by atoms with Gasteiger partial charge in [0.15, 0.2) is 0 Å². The molecule has 2 N–H and O–H groups in total. The highest BCUT2D eigenvalue weighted by molar-refractivity contribution is 5.47. The van der Waals surface area contributed by atoms with Crippen molar-refractivity contribution >= 4 is 0 Å². The number of para-hydroxylation sites is 1. The second-order valence-corrected chi connectivity index (χ2v) is 5.21. The molecule has 0 aromatic heterocycles. The smallest absolute Gasteiger partial charge is 0.387 e. The predicted octanol–water partition coefficient (Wildman–Crippen LogP) is 4.26. The van der Waals surface area contributed by atoms with Crippen LogP contribution in [0.3, 0.4) is 0 Å². The lowest BCUT2D eigenvalue weighted by Crippen LogP contribution is -2.17. The summed E-state index contributed by atoms with van der Waals surface area (Å²) < 4.78 is 29.6. The summed E-state index contributed by atoms with van der Waals surface area (Å²) in [5, 5.41) is 0. The van der Waals surface area contributed by atoms with Crippen LogP contribution in [0.5, 0.6) is 5.75 Å². The first kappa shape index (κ1) is 15.4. The van der Waals surface area contributed by atoms with E-state index in [1.807, 2.05) is 32.9 Å². The van der Waals surface area contributed by atoms with Crippen molar-refractivity contribution in [1.29, 1.82) is 0 Å². The summed E-state index contributed by atoms with van der Waals surface area (Å²) in [7, 11) is 0. The number of alkyl halides is 2. The van der Waals surface area contributed by atoms with Crippen LogP contribution in [0, 0.1) is 20.8 Å². The zero-order valence-electron chi connectivity index (χ0n) is 12.4. The lowest BCUT2D eigenvalue weighted by Gasteiger charge is -2.21. The van der Waals surface area contributed by atoms with Gasteiger partial charge in [-0.05, 0) is 43.5 Å². The molecule has 0 aliphatic rings. The zero-order valence-corrected chi connectivity index (χ0v) is 12.4. The Morgan fingerprint density at radius 3 is 2.14 bits per heavy atom. The number of rotatable bonds is 4. The second kappa shape index (κ2) is 6.22. The third kappa shape index (κ3) is 3.39. The van der Waals surface area contributed by atoms with Gasteiger partial charge in [-0.3, -0.25) is 0 Å². The van der Waals surface area contributed by atoms with E-state index in [2.05, 4.69) is 4.74 Å². The maximum Gasteiger partial charge on any atom is 0.387 e. The molecule has 2 aromatic rings. The molecular formula is C17H19F2NO. The van der Waals surface area contributed by atoms with Gasteiger partial charge in [-0.2, -0.15) is 8.78 Å². The first-order valence-electron chi connectivity index (χ1n) is 6.77. The largest absolute Gasteiger partial charge is 0.434 e. The van der Waals surface area contributed by atoms with Crippen LogP contribution in [0.15, 0.2) is 36.4 Å². The highest BCUT2D eigenvalue weighted by Crippen LogP contribution is 2.32. The molecular weight excluding hydrogens is 272 g/mol. The van der Waals surface area contributed by atoms with Gasteiger partial charge >= 0.3 is 6.61 Å². The van der Waals surface area contributed by atoms with Crippen LogP contribution in [-0.2, 0) is 0 Å². The number of halogens is 2. The highest BCUT2D eigenvalue weighted by atomic mass is 19.3. The van der Waals surface area contributed by atoms with E-state index in [1.54, 1.807) is 18.2 Å². The molecule has 1 unspecified atom stereocenters. The van der Waals surface area contributed by atoms with Crippen molar-refractivity contribution in [2.24, 2.45) is 5.73 Å². The van der Waals surface area contributed by atoms with Crippen LogP contribution in [-0.4, -0.2) is 6.61 Å². The average molecular weight is 291 g/mol. The van der Waals surface area contributed by atoms with Gasteiger partial charge in [0.1, 0.15) is 5.75 Å². The fraction of sp³-hybridized carbons (Fsp3) is 0.294. The maximum atomic E-state index is 12.5. The summed E-state index contributed by atoms with van der Waals surface area (Å²) >= 11 is 0. The van der Waals surface area contributed by atoms with Crippen LogP contribution < -0.4 is 10.5 Å². The molecule has 0 amide bonds. The lowest BCUT2D eigenvalue weighted by molar-refractivity contribution is -0.0505. The molecule has 0 radical (unpaired) electrons. The van der Waals surface area contributed by atoms with E-state index >= 15 is 0 Å². The van der Waals surface area contributed by atoms with E-state index in [0.717, 1.165) is 22.3 Å². The summed E-state index contributed by atoms with van der Waals surface area (Å²) in [4.78, 5) is 0. The number of hydrogen-bond donors (Lipinski definition) is 1. The summed E-state index contributed by atoms with van der Waals surface area (Å²) in [5.41, 5.74) is 11.1. The molecule has 21 heavy (non-hydrogen) atoms. The van der Waals surface area contributed by atoms with E-state index in [0.29, 0.717) is 5.56 Å². The van der Waals surface area contributed by atoms with Gasteiger partial charge < -0.3 is 10.5 Å². The van der Waals surface area contributed by atoms with Crippen LogP contribution in [0.2, 0.25) is 0 Å². The molecule has 2 nitrogen and oxygen atoms in total. The first-order valence-corrected chi connectivity index (χ1v) is 6.77. The Hall–Kier alpha value is -1.94. The molecule has 0 heterocycles. The van der Waals surface area contributed by atoms with Gasteiger partial charge in [0, 0.05) is 5.56 Å². The quantitative estimate of drug-likeness (QED) is 0.913. The number of benzene rings is 2. The lowest BCUT2D eigenvalue weighted by atomic mass is 9.90. The third-order valence-corrected chi connectivity index (χ3v) is 3.52. The molecule has 2 rings (SSSR count). The zero-order chi connectivity index (χ0) is 15.6. The Morgan fingerprint density at radius 2 is 1.57 bits per heavy atom. The van der Waals surface area contributed by atoms with Crippen LogP contribution in [0.25, 0.3) is 0 Å². The summed E-state index contributed by atoms with van der Waals surface area (Å²) in [6, 6.07) is 10.2. The molecule has 2 aromatic carbocycles. The summed E-state index contributed by atoms with van der Waals surface area (Å²) in [5.74, 6) is 0.124. The Balaban J connectivity index is 2.48. The van der Waals surface area contributed by atoms with Crippen molar-refractivity contribution in [2.75, 3.05) is 0 Å². The minimum absolute atomic E-state index is 0.124. The minimum Gasteiger partial charge on any atom is -0.434 e. The number of hydrogen-bond acceptors (Lipinski definition) is 2. The molecule has 0 bridgehead atoms. The van der Waals surface area contributed by atoms with Gasteiger partial charge in [0.25, 0.3) is 0 Å². The Kier molecular flexibility index (Phi) is 4.58. The van der Waals surface area contributed by atoms with Crippen LogP contribution >= 0.6 is 0 Å². The molecule has 0 spiro atoms. The van der Waals surface area contributed by atoms with Gasteiger partial charge in [-0.25, -0.2) is 0 Å². The summed E-state index contributed by atoms with van der Waals surface area (Å²) in [6.45, 7) is 3.11. The minimum atomic E-state index is -2.86. The van der Waals surface area contributed by atoms with Crippen molar-refractivity contribution in [3.63, 3.8) is 0 Å². The van der Waals surface area contributed by atoms with Gasteiger partial charge in [0.05, 0.1) is 6.04 Å². The SMILES string of the molecule is Cc1cc(C)c(C(N)c2ccccc2OC(F)F)c(C)c1. The van der Waals surface area contributed by atoms with Crippen molar-refractivity contribution in [3.05, 3.63) is 64.2 Å². The predicted molar refractivity (Wildman–Crippen MR) is 79.8 cm³/mol. The van der Waals surface area contributed by atoms with E-state index in [9.17, 15) is 8.78 Å². The number of aryl methyl sites for hydroxylation is 3. The Morgan fingerprint density at radius 1 is 1.00 bits per heavy atom. The third-order valence-electron chi connectivity index (χ3n) is 3.52. The molecule has 1 atom stereocenters. The van der Waals surface area contributed by atoms with Crippen molar-refractivity contribution in [3.8, 4) is 5.75 Å². The molecule has 4 heteroatoms. The van der Waals surface area contributed by atoms with Crippen molar-refractivity contribution in [2.45, 2.75) is 33.4 Å². The molecule has 0 aliphatic heterocycles. The maximum absolute atomic E-state index is 12.5. The number of nitrogens with two attached hydrogens (primary N) is 1. The fourth-order valence-corrected chi connectivity index (χ4v) is 2.78. The van der Waals surface area contributed by atoms with Crippen LogP contribution in [0.1, 0.15) is 33.9 Å². The fourth-order valence-electron chi connectivity index (χ4n) is 2.78. The Bertz CT molecular complexity index is 617. The molecule has 112 valence electrons. The van der Waals surface area contributed by atoms with E-state index in [1.165, 1.54) is 6.07 Å². The molecule has 0 saturated heterocycles. The van der Waals surface area contributed by atoms with E-state index in [4.69, 9.17) is 5.73 Å². The van der Waals surface area contributed by atoms with Gasteiger partial charge in [-0.1, -0.05) is 35.9 Å². The van der Waals surface area contributed by atoms with E-state index in [-0.39, 0.29) is 5.75 Å². The monoisotopic (exact) mass is 291 g/mol. The standard InChI is InChI=1S/C17H19F2NO/c1-10-8-11(2)15(12(3)9-10)16(20)13-6-4-5-7-14(13)21-17(18)19/h4-9,16-17H,20H2,1-3H3. The molecule has 0 saturated carbocycles. The topological polar surface area (TPSA) is 35.2 Å². The Labute approximate surface area is 123 Å².